The molecule has 5 nitrogen and oxygen atoms in total. The maximum absolute atomic E-state index is 5.72. The van der Waals surface area contributed by atoms with Crippen LogP contribution in [0.15, 0.2) is 4.42 Å². The van der Waals surface area contributed by atoms with Gasteiger partial charge in [0.05, 0.1) is 0 Å². The molecule has 1 atom stereocenters. The van der Waals surface area contributed by atoms with Crippen LogP contribution in [0, 0.1) is 6.92 Å². The molecule has 2 N–H and O–H groups in total. The summed E-state index contributed by atoms with van der Waals surface area (Å²) in [6.07, 6.45) is 2.48. The van der Waals surface area contributed by atoms with E-state index in [1.165, 1.54) is 12.8 Å². The number of nitrogens with two attached hydrogens (primary N) is 1. The van der Waals surface area contributed by atoms with Crippen molar-refractivity contribution < 1.29 is 4.42 Å². The van der Waals surface area contributed by atoms with E-state index in [4.69, 9.17) is 10.2 Å². The van der Waals surface area contributed by atoms with Gasteiger partial charge in [0.2, 0.25) is 11.8 Å². The van der Waals surface area contributed by atoms with Crippen molar-refractivity contribution in [2.24, 2.45) is 5.73 Å². The molecule has 5 heteroatoms. The van der Waals surface area contributed by atoms with E-state index in [1.54, 1.807) is 6.92 Å². The largest absolute Gasteiger partial charge is 0.424 e. The van der Waals surface area contributed by atoms with Crippen molar-refractivity contribution in [2.45, 2.75) is 25.8 Å². The lowest BCUT2D eigenvalue weighted by molar-refractivity contribution is 0.212. The molecular weight excluding hydrogens is 180 g/mol. The molecule has 1 fully saturated rings. The fourth-order valence-corrected chi connectivity index (χ4v) is 1.91. The van der Waals surface area contributed by atoms with Gasteiger partial charge < -0.3 is 10.2 Å². The summed E-state index contributed by atoms with van der Waals surface area (Å²) < 4.78 is 5.41. The summed E-state index contributed by atoms with van der Waals surface area (Å²) in [5, 5.41) is 7.85. The standard InChI is InChI=1S/C9H16N4O/c1-7-11-12-9(14-7)8(6-10)13-4-2-3-5-13/h8H,2-6,10H2,1H3. The van der Waals surface area contributed by atoms with Gasteiger partial charge in [0.1, 0.15) is 6.04 Å². The highest BCUT2D eigenvalue weighted by Crippen LogP contribution is 2.22. The highest BCUT2D eigenvalue weighted by Gasteiger charge is 2.26. The zero-order chi connectivity index (χ0) is 9.97. The normalized spacial score (nSPS) is 20.1. The Morgan fingerprint density at radius 3 is 2.64 bits per heavy atom. The second-order valence-corrected chi connectivity index (χ2v) is 3.65. The van der Waals surface area contributed by atoms with E-state index in [1.807, 2.05) is 0 Å². The number of hydrogen-bond acceptors (Lipinski definition) is 5. The first-order valence-electron chi connectivity index (χ1n) is 5.05. The monoisotopic (exact) mass is 196 g/mol. The summed E-state index contributed by atoms with van der Waals surface area (Å²) in [6, 6.07) is 0.110. The van der Waals surface area contributed by atoms with Crippen LogP contribution in [0.4, 0.5) is 0 Å². The molecule has 0 saturated carbocycles. The van der Waals surface area contributed by atoms with Gasteiger partial charge in [-0.25, -0.2) is 0 Å². The molecule has 1 aliphatic heterocycles. The van der Waals surface area contributed by atoms with Gasteiger partial charge in [-0.1, -0.05) is 0 Å². The smallest absolute Gasteiger partial charge is 0.234 e. The fraction of sp³-hybridized carbons (Fsp3) is 0.778. The zero-order valence-electron chi connectivity index (χ0n) is 8.44. The van der Waals surface area contributed by atoms with Crippen LogP contribution in [0.2, 0.25) is 0 Å². The molecule has 0 bridgehead atoms. The Bertz CT molecular complexity index is 293. The minimum Gasteiger partial charge on any atom is -0.424 e. The first-order valence-corrected chi connectivity index (χ1v) is 5.05. The van der Waals surface area contributed by atoms with E-state index in [9.17, 15) is 0 Å². The lowest BCUT2D eigenvalue weighted by Gasteiger charge is -2.22. The lowest BCUT2D eigenvalue weighted by atomic mass is 10.2. The Balaban J connectivity index is 2.12. The number of aryl methyl sites for hydroxylation is 1. The first kappa shape index (κ1) is 9.61. The Kier molecular flexibility index (Phi) is 2.79. The average Bonchev–Trinajstić information content (AvgIpc) is 2.79. The molecule has 0 spiro atoms. The van der Waals surface area contributed by atoms with Crippen molar-refractivity contribution in [3.05, 3.63) is 11.8 Å². The maximum Gasteiger partial charge on any atom is 0.234 e. The number of hydrogen-bond donors (Lipinski definition) is 1. The van der Waals surface area contributed by atoms with Gasteiger partial charge in [-0.15, -0.1) is 10.2 Å². The number of likely N-dealkylation sites (tertiary alicyclic amines) is 1. The molecule has 0 radical (unpaired) electrons. The Morgan fingerprint density at radius 2 is 2.14 bits per heavy atom. The van der Waals surface area contributed by atoms with Gasteiger partial charge >= 0.3 is 0 Å². The molecule has 1 aromatic rings. The van der Waals surface area contributed by atoms with Crippen LogP contribution in [0.5, 0.6) is 0 Å². The van der Waals surface area contributed by atoms with Gasteiger partial charge in [0.15, 0.2) is 0 Å². The number of nitrogens with zero attached hydrogens (tertiary/aromatic N) is 3. The molecule has 1 unspecified atom stereocenters. The van der Waals surface area contributed by atoms with Crippen LogP contribution < -0.4 is 5.73 Å². The van der Waals surface area contributed by atoms with Crippen molar-refractivity contribution in [2.75, 3.05) is 19.6 Å². The summed E-state index contributed by atoms with van der Waals surface area (Å²) in [5.41, 5.74) is 5.72. The van der Waals surface area contributed by atoms with Crippen molar-refractivity contribution in [1.82, 2.24) is 15.1 Å². The molecule has 1 saturated heterocycles. The van der Waals surface area contributed by atoms with Crippen molar-refractivity contribution in [1.29, 1.82) is 0 Å². The highest BCUT2D eigenvalue weighted by molar-refractivity contribution is 4.92. The molecule has 1 aliphatic rings. The van der Waals surface area contributed by atoms with Crippen molar-refractivity contribution in [3.63, 3.8) is 0 Å². The average molecular weight is 196 g/mol. The van der Waals surface area contributed by atoms with Gasteiger partial charge in [-0.05, 0) is 25.9 Å². The zero-order valence-corrected chi connectivity index (χ0v) is 8.44. The molecule has 1 aromatic heterocycles. The predicted octanol–water partition coefficient (Wildman–Crippen LogP) is 0.474. The summed E-state index contributed by atoms with van der Waals surface area (Å²) in [6.45, 7) is 4.52. The van der Waals surface area contributed by atoms with Gasteiger partial charge in [0, 0.05) is 13.5 Å². The van der Waals surface area contributed by atoms with Crippen LogP contribution >= 0.6 is 0 Å². The topological polar surface area (TPSA) is 68.2 Å². The third-order valence-electron chi connectivity index (χ3n) is 2.63. The summed E-state index contributed by atoms with van der Waals surface area (Å²) in [7, 11) is 0. The van der Waals surface area contributed by atoms with E-state index in [2.05, 4.69) is 15.1 Å². The Hall–Kier alpha value is -0.940. The SMILES string of the molecule is Cc1nnc(C(CN)N2CCCC2)o1. The van der Waals surface area contributed by atoms with Gasteiger partial charge in [-0.3, -0.25) is 4.90 Å². The van der Waals surface area contributed by atoms with Crippen molar-refractivity contribution in [3.8, 4) is 0 Å². The van der Waals surface area contributed by atoms with Gasteiger partial charge in [0.25, 0.3) is 0 Å². The second-order valence-electron chi connectivity index (χ2n) is 3.65. The van der Waals surface area contributed by atoms with E-state index in [0.29, 0.717) is 18.3 Å². The van der Waals surface area contributed by atoms with Crippen LogP contribution in [0.1, 0.15) is 30.7 Å². The number of rotatable bonds is 3. The Labute approximate surface area is 83.3 Å². The molecule has 2 rings (SSSR count). The lowest BCUT2D eigenvalue weighted by Crippen LogP contribution is -2.31. The first-order chi connectivity index (χ1) is 6.81. The molecule has 0 amide bonds. The van der Waals surface area contributed by atoms with Crippen LogP contribution in [0.3, 0.4) is 0 Å². The summed E-state index contributed by atoms with van der Waals surface area (Å²) in [4.78, 5) is 2.31. The quantitative estimate of drug-likeness (QED) is 0.761. The van der Waals surface area contributed by atoms with E-state index < -0.39 is 0 Å². The van der Waals surface area contributed by atoms with Crippen LogP contribution in [-0.2, 0) is 0 Å². The molecule has 0 aromatic carbocycles. The Morgan fingerprint density at radius 1 is 1.43 bits per heavy atom. The molecule has 2 heterocycles. The predicted molar refractivity (Wildman–Crippen MR) is 51.6 cm³/mol. The van der Waals surface area contributed by atoms with Gasteiger partial charge in [-0.2, -0.15) is 0 Å². The van der Waals surface area contributed by atoms with E-state index >= 15 is 0 Å². The molecule has 0 aliphatic carbocycles. The third kappa shape index (κ3) is 1.78. The highest BCUT2D eigenvalue weighted by atomic mass is 16.4. The summed E-state index contributed by atoms with van der Waals surface area (Å²) in [5.74, 6) is 1.27. The molecular formula is C9H16N4O. The third-order valence-corrected chi connectivity index (χ3v) is 2.63. The fourth-order valence-electron chi connectivity index (χ4n) is 1.91. The molecule has 78 valence electrons. The maximum atomic E-state index is 5.72. The minimum atomic E-state index is 0.110. The van der Waals surface area contributed by atoms with E-state index in [-0.39, 0.29) is 6.04 Å². The number of aromatic nitrogens is 2. The second kappa shape index (κ2) is 4.06. The van der Waals surface area contributed by atoms with Crippen molar-refractivity contribution >= 4 is 0 Å². The van der Waals surface area contributed by atoms with Crippen LogP contribution in [0.25, 0.3) is 0 Å². The summed E-state index contributed by atoms with van der Waals surface area (Å²) >= 11 is 0. The molecule has 14 heavy (non-hydrogen) atoms. The minimum absolute atomic E-state index is 0.110. The van der Waals surface area contributed by atoms with E-state index in [0.717, 1.165) is 13.1 Å². The van der Waals surface area contributed by atoms with Crippen LogP contribution in [-0.4, -0.2) is 34.7 Å².